The molecule has 0 saturated heterocycles. The Hall–Kier alpha value is -3.16. The van der Waals surface area contributed by atoms with E-state index in [1.807, 2.05) is 0 Å². The number of benzene rings is 2. The molecular formula is C18H17FN2O5. The highest BCUT2D eigenvalue weighted by Gasteiger charge is 2.31. The molecule has 0 aliphatic heterocycles. The van der Waals surface area contributed by atoms with Crippen LogP contribution in [-0.2, 0) is 4.79 Å². The first-order valence-electron chi connectivity index (χ1n) is 8.03. The summed E-state index contributed by atoms with van der Waals surface area (Å²) >= 11 is 0. The predicted octanol–water partition coefficient (Wildman–Crippen LogP) is 3.14. The number of rotatable bonds is 7. The Kier molecular flexibility index (Phi) is 5.01. The Morgan fingerprint density at radius 2 is 1.96 bits per heavy atom. The van der Waals surface area contributed by atoms with Crippen molar-refractivity contribution < 1.29 is 23.6 Å². The van der Waals surface area contributed by atoms with Crippen molar-refractivity contribution in [2.24, 2.45) is 0 Å². The van der Waals surface area contributed by atoms with Gasteiger partial charge in [0.2, 0.25) is 6.10 Å². The lowest BCUT2D eigenvalue weighted by molar-refractivity contribution is -0.386. The van der Waals surface area contributed by atoms with E-state index < -0.39 is 22.8 Å². The van der Waals surface area contributed by atoms with Crippen LogP contribution in [-0.4, -0.2) is 24.0 Å². The van der Waals surface area contributed by atoms with Crippen molar-refractivity contribution in [2.45, 2.75) is 25.0 Å². The van der Waals surface area contributed by atoms with Crippen LogP contribution in [0.3, 0.4) is 0 Å². The van der Waals surface area contributed by atoms with E-state index in [9.17, 15) is 19.3 Å². The SMILES string of the molecule is COc1ccc(OC(C(=O)NC2CC2)c2ccc(F)cc2)c([N+](=O)[O-])c1. The molecule has 1 aliphatic rings. The fraction of sp³-hybridized carbons (Fsp3) is 0.278. The van der Waals surface area contributed by atoms with Gasteiger partial charge in [-0.3, -0.25) is 14.9 Å². The van der Waals surface area contributed by atoms with Gasteiger partial charge in [0.1, 0.15) is 11.6 Å². The first-order valence-corrected chi connectivity index (χ1v) is 8.03. The number of hydrogen-bond donors (Lipinski definition) is 1. The van der Waals surface area contributed by atoms with E-state index in [1.165, 1.54) is 49.6 Å². The number of nitro groups is 1. The molecule has 0 aromatic heterocycles. The highest BCUT2D eigenvalue weighted by molar-refractivity contribution is 5.83. The van der Waals surface area contributed by atoms with Gasteiger partial charge in [-0.2, -0.15) is 0 Å². The highest BCUT2D eigenvalue weighted by atomic mass is 19.1. The number of halogens is 1. The van der Waals surface area contributed by atoms with Crippen molar-refractivity contribution >= 4 is 11.6 Å². The van der Waals surface area contributed by atoms with Crippen molar-refractivity contribution in [2.75, 3.05) is 7.11 Å². The van der Waals surface area contributed by atoms with Gasteiger partial charge in [-0.15, -0.1) is 0 Å². The number of hydrogen-bond acceptors (Lipinski definition) is 5. The quantitative estimate of drug-likeness (QED) is 0.605. The summed E-state index contributed by atoms with van der Waals surface area (Å²) in [4.78, 5) is 23.3. The lowest BCUT2D eigenvalue weighted by atomic mass is 10.1. The van der Waals surface area contributed by atoms with Gasteiger partial charge in [-0.1, -0.05) is 12.1 Å². The zero-order chi connectivity index (χ0) is 18.7. The second-order valence-electron chi connectivity index (χ2n) is 5.92. The molecule has 2 aromatic carbocycles. The summed E-state index contributed by atoms with van der Waals surface area (Å²) in [6.07, 6.45) is 0.623. The molecule has 8 heteroatoms. The number of carbonyl (C=O) groups is 1. The molecule has 136 valence electrons. The standard InChI is InChI=1S/C18H17FN2O5/c1-25-14-8-9-16(15(10-14)21(23)24)26-17(18(22)20-13-6-7-13)11-2-4-12(19)5-3-11/h2-5,8-10,13,17H,6-7H2,1H3,(H,20,22). The number of nitro benzene ring substituents is 1. The third-order valence-corrected chi connectivity index (χ3v) is 3.94. The molecule has 0 bridgehead atoms. The summed E-state index contributed by atoms with van der Waals surface area (Å²) in [5, 5.41) is 14.1. The van der Waals surface area contributed by atoms with Crippen molar-refractivity contribution in [1.29, 1.82) is 0 Å². The monoisotopic (exact) mass is 360 g/mol. The van der Waals surface area contributed by atoms with Crippen LogP contribution in [0.5, 0.6) is 11.5 Å². The third-order valence-electron chi connectivity index (χ3n) is 3.94. The Bertz CT molecular complexity index is 821. The Balaban J connectivity index is 1.93. The number of nitrogens with zero attached hydrogens (tertiary/aromatic N) is 1. The maximum Gasteiger partial charge on any atom is 0.314 e. The van der Waals surface area contributed by atoms with Gasteiger partial charge < -0.3 is 14.8 Å². The molecule has 2 aromatic rings. The van der Waals surface area contributed by atoms with E-state index in [4.69, 9.17) is 9.47 Å². The average molecular weight is 360 g/mol. The first kappa shape index (κ1) is 17.7. The molecule has 1 N–H and O–H groups in total. The number of nitrogens with one attached hydrogen (secondary N) is 1. The molecule has 7 nitrogen and oxygen atoms in total. The van der Waals surface area contributed by atoms with Gasteiger partial charge in [0.05, 0.1) is 18.1 Å². The maximum absolute atomic E-state index is 13.2. The van der Waals surface area contributed by atoms with E-state index in [2.05, 4.69) is 5.32 Å². The van der Waals surface area contributed by atoms with Crippen LogP contribution < -0.4 is 14.8 Å². The lowest BCUT2D eigenvalue weighted by Crippen LogP contribution is -2.34. The molecule has 0 radical (unpaired) electrons. The Labute approximate surface area is 148 Å². The number of carbonyl (C=O) groups excluding carboxylic acids is 1. The Morgan fingerprint density at radius 3 is 2.54 bits per heavy atom. The molecule has 0 heterocycles. The van der Waals surface area contributed by atoms with Gasteiger partial charge in [0.15, 0.2) is 5.75 Å². The average Bonchev–Trinajstić information content (AvgIpc) is 3.44. The summed E-state index contributed by atoms with van der Waals surface area (Å²) in [7, 11) is 1.39. The van der Waals surface area contributed by atoms with Gasteiger partial charge in [-0.05, 0) is 37.1 Å². The van der Waals surface area contributed by atoms with Crippen LogP contribution in [0.15, 0.2) is 42.5 Å². The zero-order valence-corrected chi connectivity index (χ0v) is 14.0. The molecule has 1 aliphatic carbocycles. The molecular weight excluding hydrogens is 343 g/mol. The van der Waals surface area contributed by atoms with Crippen LogP contribution in [0, 0.1) is 15.9 Å². The first-order chi connectivity index (χ1) is 12.5. The maximum atomic E-state index is 13.2. The van der Waals surface area contributed by atoms with Gasteiger partial charge in [-0.25, -0.2) is 4.39 Å². The summed E-state index contributed by atoms with van der Waals surface area (Å²) in [6.45, 7) is 0. The molecule has 0 spiro atoms. The summed E-state index contributed by atoms with van der Waals surface area (Å²) < 4.78 is 23.9. The molecule has 1 fully saturated rings. The molecule has 1 atom stereocenters. The van der Waals surface area contributed by atoms with Gasteiger partial charge in [0, 0.05) is 11.6 Å². The van der Waals surface area contributed by atoms with Crippen molar-refractivity contribution in [3.05, 3.63) is 64.0 Å². The molecule has 1 amide bonds. The van der Waals surface area contributed by atoms with E-state index in [1.54, 1.807) is 0 Å². The molecule has 3 rings (SSSR count). The number of amides is 1. The second-order valence-corrected chi connectivity index (χ2v) is 5.92. The van der Waals surface area contributed by atoms with Crippen LogP contribution >= 0.6 is 0 Å². The highest BCUT2D eigenvalue weighted by Crippen LogP contribution is 2.34. The summed E-state index contributed by atoms with van der Waals surface area (Å²) in [6, 6.07) is 9.43. The summed E-state index contributed by atoms with van der Waals surface area (Å²) in [5.74, 6) is -0.657. The van der Waals surface area contributed by atoms with Crippen LogP contribution in [0.4, 0.5) is 10.1 Å². The minimum Gasteiger partial charge on any atom is -0.496 e. The fourth-order valence-corrected chi connectivity index (χ4v) is 2.41. The third kappa shape index (κ3) is 4.08. The van der Waals surface area contributed by atoms with Crippen LogP contribution in [0.1, 0.15) is 24.5 Å². The van der Waals surface area contributed by atoms with E-state index in [0.717, 1.165) is 12.8 Å². The number of ether oxygens (including phenoxy) is 2. The van der Waals surface area contributed by atoms with Crippen molar-refractivity contribution in [1.82, 2.24) is 5.32 Å². The van der Waals surface area contributed by atoms with Crippen LogP contribution in [0.2, 0.25) is 0 Å². The smallest absolute Gasteiger partial charge is 0.314 e. The fourth-order valence-electron chi connectivity index (χ4n) is 2.41. The van der Waals surface area contributed by atoms with Gasteiger partial charge >= 0.3 is 5.69 Å². The molecule has 1 unspecified atom stereocenters. The predicted molar refractivity (Wildman–Crippen MR) is 90.6 cm³/mol. The van der Waals surface area contributed by atoms with Gasteiger partial charge in [0.25, 0.3) is 5.91 Å². The van der Waals surface area contributed by atoms with E-state index >= 15 is 0 Å². The summed E-state index contributed by atoms with van der Waals surface area (Å²) in [5.41, 5.74) is 0.0744. The van der Waals surface area contributed by atoms with Crippen LogP contribution in [0.25, 0.3) is 0 Å². The van der Waals surface area contributed by atoms with E-state index in [-0.39, 0.29) is 17.5 Å². The van der Waals surface area contributed by atoms with E-state index in [0.29, 0.717) is 11.3 Å². The van der Waals surface area contributed by atoms with Crippen molar-refractivity contribution in [3.63, 3.8) is 0 Å². The lowest BCUT2D eigenvalue weighted by Gasteiger charge is -2.19. The zero-order valence-electron chi connectivity index (χ0n) is 14.0. The van der Waals surface area contributed by atoms with Crippen molar-refractivity contribution in [3.8, 4) is 11.5 Å². The minimum absolute atomic E-state index is 0.0731. The molecule has 26 heavy (non-hydrogen) atoms. The second kappa shape index (κ2) is 7.38. The normalized spacial score (nSPS) is 14.4. The minimum atomic E-state index is -1.14. The Morgan fingerprint density at radius 1 is 1.27 bits per heavy atom. The largest absolute Gasteiger partial charge is 0.496 e. The molecule has 1 saturated carbocycles. The topological polar surface area (TPSA) is 90.7 Å². The number of methoxy groups -OCH3 is 1.